The number of aryl methyl sites for hydroxylation is 2. The van der Waals surface area contributed by atoms with Crippen LogP contribution in [0.2, 0.25) is 0 Å². The van der Waals surface area contributed by atoms with E-state index in [-0.39, 0.29) is 6.42 Å². The van der Waals surface area contributed by atoms with Gasteiger partial charge in [-0.05, 0) is 63.8 Å². The third-order valence-electron chi connectivity index (χ3n) is 3.28. The molecule has 0 spiro atoms. The molecule has 1 aromatic rings. The van der Waals surface area contributed by atoms with E-state index in [0.29, 0.717) is 18.5 Å². The van der Waals surface area contributed by atoms with E-state index < -0.39 is 23.7 Å². The van der Waals surface area contributed by atoms with Crippen molar-refractivity contribution in [2.45, 2.75) is 58.6 Å². The number of alkyl carbamates (subject to hydrolysis) is 1. The summed E-state index contributed by atoms with van der Waals surface area (Å²) in [4.78, 5) is 22.8. The number of carboxylic acids is 1. The molecular weight excluding hydrogens is 296 g/mol. The van der Waals surface area contributed by atoms with Crippen molar-refractivity contribution in [2.75, 3.05) is 5.73 Å². The fourth-order valence-corrected chi connectivity index (χ4v) is 2.20. The summed E-state index contributed by atoms with van der Waals surface area (Å²) < 4.78 is 5.18. The summed E-state index contributed by atoms with van der Waals surface area (Å²) in [7, 11) is 0. The second-order valence-electron chi connectivity index (χ2n) is 6.67. The first-order valence-electron chi connectivity index (χ1n) is 7.63. The largest absolute Gasteiger partial charge is 0.481 e. The number of carboxylic acid groups (broad SMARTS) is 1. The Hall–Kier alpha value is -2.24. The van der Waals surface area contributed by atoms with Gasteiger partial charge in [-0.3, -0.25) is 4.79 Å². The first-order valence-corrected chi connectivity index (χ1v) is 7.63. The second-order valence-corrected chi connectivity index (χ2v) is 6.67. The quantitative estimate of drug-likeness (QED) is 0.699. The molecule has 1 aromatic carbocycles. The van der Waals surface area contributed by atoms with Crippen LogP contribution >= 0.6 is 0 Å². The molecule has 128 valence electrons. The first-order chi connectivity index (χ1) is 10.6. The molecule has 1 atom stereocenters. The van der Waals surface area contributed by atoms with E-state index >= 15 is 0 Å². The van der Waals surface area contributed by atoms with Crippen molar-refractivity contribution in [2.24, 2.45) is 0 Å². The minimum atomic E-state index is -0.963. The number of rotatable bonds is 6. The number of benzene rings is 1. The number of hydrogen-bond acceptors (Lipinski definition) is 4. The lowest BCUT2D eigenvalue weighted by molar-refractivity contribution is -0.137. The molecule has 23 heavy (non-hydrogen) atoms. The van der Waals surface area contributed by atoms with Crippen LogP contribution in [0.25, 0.3) is 0 Å². The van der Waals surface area contributed by atoms with Crippen molar-refractivity contribution in [3.8, 4) is 0 Å². The Balaban J connectivity index is 2.69. The topological polar surface area (TPSA) is 102 Å². The number of nitrogens with one attached hydrogen (secondary N) is 1. The summed E-state index contributed by atoms with van der Waals surface area (Å²) in [6.45, 7) is 7.25. The zero-order valence-corrected chi connectivity index (χ0v) is 14.2. The highest BCUT2D eigenvalue weighted by Crippen LogP contribution is 2.16. The maximum Gasteiger partial charge on any atom is 0.407 e. The van der Waals surface area contributed by atoms with Gasteiger partial charge in [0.05, 0.1) is 6.42 Å². The summed E-state index contributed by atoms with van der Waals surface area (Å²) in [5, 5.41) is 11.6. The van der Waals surface area contributed by atoms with Crippen molar-refractivity contribution in [1.29, 1.82) is 0 Å². The van der Waals surface area contributed by atoms with E-state index in [1.54, 1.807) is 20.8 Å². The van der Waals surface area contributed by atoms with Gasteiger partial charge in [-0.25, -0.2) is 4.79 Å². The number of carbonyl (C=O) groups is 2. The van der Waals surface area contributed by atoms with Crippen LogP contribution in [0.3, 0.4) is 0 Å². The average molecular weight is 322 g/mol. The maximum absolute atomic E-state index is 11.8. The fourth-order valence-electron chi connectivity index (χ4n) is 2.20. The van der Waals surface area contributed by atoms with Crippen molar-refractivity contribution in [3.05, 3.63) is 29.3 Å². The summed E-state index contributed by atoms with van der Waals surface area (Å²) in [6, 6.07) is 5.13. The molecule has 0 aliphatic rings. The molecule has 0 saturated carbocycles. The van der Waals surface area contributed by atoms with Gasteiger partial charge < -0.3 is 20.9 Å². The van der Waals surface area contributed by atoms with Gasteiger partial charge in [-0.1, -0.05) is 6.07 Å². The van der Waals surface area contributed by atoms with Crippen LogP contribution in [-0.2, 0) is 16.0 Å². The van der Waals surface area contributed by atoms with Crippen LogP contribution in [0, 0.1) is 6.92 Å². The monoisotopic (exact) mass is 322 g/mol. The molecule has 0 heterocycles. The highest BCUT2D eigenvalue weighted by Gasteiger charge is 2.21. The third-order valence-corrected chi connectivity index (χ3v) is 3.28. The van der Waals surface area contributed by atoms with Gasteiger partial charge in [0.1, 0.15) is 5.60 Å². The number of carbonyl (C=O) groups excluding carboxylic acids is 1. The van der Waals surface area contributed by atoms with Crippen LogP contribution in [0.1, 0.15) is 44.7 Å². The third kappa shape index (κ3) is 7.54. The molecule has 0 aromatic heterocycles. The van der Waals surface area contributed by atoms with E-state index in [1.165, 1.54) is 0 Å². The number of anilines is 1. The van der Waals surface area contributed by atoms with Gasteiger partial charge >= 0.3 is 12.1 Å². The Morgan fingerprint density at radius 2 is 2.00 bits per heavy atom. The normalized spacial score (nSPS) is 12.5. The summed E-state index contributed by atoms with van der Waals surface area (Å²) in [5.41, 5.74) is 7.96. The van der Waals surface area contributed by atoms with E-state index in [2.05, 4.69) is 5.32 Å². The van der Waals surface area contributed by atoms with Crippen LogP contribution < -0.4 is 11.1 Å². The summed E-state index contributed by atoms with van der Waals surface area (Å²) >= 11 is 0. The van der Waals surface area contributed by atoms with Crippen LogP contribution in [-0.4, -0.2) is 28.8 Å². The smallest absolute Gasteiger partial charge is 0.407 e. The molecule has 6 nitrogen and oxygen atoms in total. The van der Waals surface area contributed by atoms with Gasteiger partial charge in [-0.15, -0.1) is 0 Å². The average Bonchev–Trinajstić information content (AvgIpc) is 2.36. The minimum Gasteiger partial charge on any atom is -0.481 e. The standard InChI is InChI=1S/C17H26N2O4/c1-11-5-7-13(18)9-12(11)6-8-14(10-15(20)21)19-16(22)23-17(2,3)4/h5,7,9,14H,6,8,10,18H2,1-4H3,(H,19,22)(H,20,21)/t14-/m1/s1. The summed E-state index contributed by atoms with van der Waals surface area (Å²) in [5.74, 6) is -0.963. The molecule has 1 amide bonds. The van der Waals surface area contributed by atoms with Crippen molar-refractivity contribution in [3.63, 3.8) is 0 Å². The van der Waals surface area contributed by atoms with Gasteiger partial charge in [0, 0.05) is 11.7 Å². The predicted octanol–water partition coefficient (Wildman–Crippen LogP) is 2.88. The Morgan fingerprint density at radius 3 is 2.57 bits per heavy atom. The highest BCUT2D eigenvalue weighted by molar-refractivity contribution is 5.71. The Kier molecular flexibility index (Phi) is 6.42. The van der Waals surface area contributed by atoms with Crippen LogP contribution in [0.5, 0.6) is 0 Å². The molecule has 6 heteroatoms. The molecular formula is C17H26N2O4. The van der Waals surface area contributed by atoms with Crippen molar-refractivity contribution >= 4 is 17.7 Å². The zero-order chi connectivity index (χ0) is 17.6. The lowest BCUT2D eigenvalue weighted by atomic mass is 9.99. The minimum absolute atomic E-state index is 0.152. The molecule has 0 saturated heterocycles. The Morgan fingerprint density at radius 1 is 1.35 bits per heavy atom. The van der Waals surface area contributed by atoms with E-state index in [1.807, 2.05) is 25.1 Å². The lowest BCUT2D eigenvalue weighted by Crippen LogP contribution is -2.40. The van der Waals surface area contributed by atoms with Gasteiger partial charge in [0.15, 0.2) is 0 Å². The molecule has 0 radical (unpaired) electrons. The lowest BCUT2D eigenvalue weighted by Gasteiger charge is -2.23. The van der Waals surface area contributed by atoms with Gasteiger partial charge in [0.25, 0.3) is 0 Å². The second kappa shape index (κ2) is 7.85. The number of hydrogen-bond donors (Lipinski definition) is 3. The molecule has 0 unspecified atom stereocenters. The van der Waals surface area contributed by atoms with Gasteiger partial charge in [0.2, 0.25) is 0 Å². The molecule has 1 rings (SSSR count). The number of aliphatic carboxylic acids is 1. The Labute approximate surface area is 137 Å². The highest BCUT2D eigenvalue weighted by atomic mass is 16.6. The molecule has 4 N–H and O–H groups in total. The Bertz CT molecular complexity index is 564. The van der Waals surface area contributed by atoms with Crippen LogP contribution in [0.15, 0.2) is 18.2 Å². The van der Waals surface area contributed by atoms with Crippen LogP contribution in [0.4, 0.5) is 10.5 Å². The molecule has 0 aliphatic carbocycles. The number of amides is 1. The predicted molar refractivity (Wildman–Crippen MR) is 89.3 cm³/mol. The van der Waals surface area contributed by atoms with E-state index in [0.717, 1.165) is 11.1 Å². The van der Waals surface area contributed by atoms with E-state index in [4.69, 9.17) is 15.6 Å². The molecule has 0 fully saturated rings. The van der Waals surface area contributed by atoms with Crippen molar-refractivity contribution in [1.82, 2.24) is 5.32 Å². The summed E-state index contributed by atoms with van der Waals surface area (Å²) in [6.07, 6.45) is 0.370. The fraction of sp³-hybridized carbons (Fsp3) is 0.529. The van der Waals surface area contributed by atoms with Gasteiger partial charge in [-0.2, -0.15) is 0 Å². The molecule has 0 aliphatic heterocycles. The number of nitrogen functional groups attached to an aromatic ring is 1. The first kappa shape index (κ1) is 18.8. The maximum atomic E-state index is 11.8. The zero-order valence-electron chi connectivity index (χ0n) is 14.2. The SMILES string of the molecule is Cc1ccc(N)cc1CC[C@H](CC(=O)O)NC(=O)OC(C)(C)C. The van der Waals surface area contributed by atoms with Crippen molar-refractivity contribution < 1.29 is 19.4 Å². The molecule has 0 bridgehead atoms. The van der Waals surface area contributed by atoms with E-state index in [9.17, 15) is 9.59 Å². The number of nitrogens with two attached hydrogens (primary N) is 1. The number of ether oxygens (including phenoxy) is 1.